The topological polar surface area (TPSA) is 3.24 Å². The Morgan fingerprint density at radius 2 is 2.00 bits per heavy atom. The van der Waals surface area contributed by atoms with E-state index >= 15 is 0 Å². The zero-order valence-corrected chi connectivity index (χ0v) is 7.39. The van der Waals surface area contributed by atoms with Crippen LogP contribution in [-0.4, -0.2) is 18.5 Å². The minimum absolute atomic E-state index is 1.06. The molecule has 0 spiro atoms. The summed E-state index contributed by atoms with van der Waals surface area (Å²) in [4.78, 5) is 2.21. The van der Waals surface area contributed by atoms with Crippen molar-refractivity contribution in [3.8, 4) is 0 Å². The van der Waals surface area contributed by atoms with Crippen molar-refractivity contribution < 1.29 is 0 Å². The summed E-state index contributed by atoms with van der Waals surface area (Å²) in [5, 5.41) is 0. The van der Waals surface area contributed by atoms with E-state index in [9.17, 15) is 0 Å². The summed E-state index contributed by atoms with van der Waals surface area (Å²) in [5.41, 5.74) is 1.34. The van der Waals surface area contributed by atoms with Crippen LogP contribution in [0.1, 0.15) is 20.8 Å². The molecule has 0 aromatic heterocycles. The summed E-state index contributed by atoms with van der Waals surface area (Å²) in [6.45, 7) is 7.17. The van der Waals surface area contributed by atoms with Crippen molar-refractivity contribution in [3.05, 3.63) is 23.9 Å². The van der Waals surface area contributed by atoms with Gasteiger partial charge in [0.2, 0.25) is 0 Å². The van der Waals surface area contributed by atoms with Crippen LogP contribution in [0.2, 0.25) is 0 Å². The second-order valence-corrected chi connectivity index (χ2v) is 2.12. The van der Waals surface area contributed by atoms with Gasteiger partial charge < -0.3 is 4.90 Å². The highest BCUT2D eigenvalue weighted by Crippen LogP contribution is 2.03. The molecule has 1 aliphatic rings. The first-order valence-electron chi connectivity index (χ1n) is 3.85. The Morgan fingerprint density at radius 1 is 1.40 bits per heavy atom. The molecule has 1 heteroatoms. The van der Waals surface area contributed by atoms with Gasteiger partial charge in [-0.3, -0.25) is 0 Å². The van der Waals surface area contributed by atoms with Gasteiger partial charge in [0.1, 0.15) is 0 Å². The molecule has 0 amide bonds. The molecular formula is C9H17N. The second kappa shape index (κ2) is 5.10. The van der Waals surface area contributed by atoms with E-state index in [-0.39, 0.29) is 0 Å². The van der Waals surface area contributed by atoms with Gasteiger partial charge in [-0.2, -0.15) is 0 Å². The van der Waals surface area contributed by atoms with Gasteiger partial charge >= 0.3 is 0 Å². The van der Waals surface area contributed by atoms with Crippen molar-refractivity contribution in [2.75, 3.05) is 13.6 Å². The third kappa shape index (κ3) is 2.72. The third-order valence-corrected chi connectivity index (χ3v) is 1.45. The first-order valence-corrected chi connectivity index (χ1v) is 3.85. The van der Waals surface area contributed by atoms with Crippen molar-refractivity contribution in [2.24, 2.45) is 0 Å². The van der Waals surface area contributed by atoms with Crippen molar-refractivity contribution in [1.82, 2.24) is 4.90 Å². The van der Waals surface area contributed by atoms with Gasteiger partial charge in [-0.15, -0.1) is 0 Å². The van der Waals surface area contributed by atoms with Crippen LogP contribution in [0.3, 0.4) is 0 Å². The van der Waals surface area contributed by atoms with Crippen molar-refractivity contribution in [2.45, 2.75) is 20.8 Å². The smallest absolute Gasteiger partial charge is 0.0356 e. The normalized spacial score (nSPS) is 15.6. The molecule has 1 aliphatic heterocycles. The molecule has 0 saturated heterocycles. The molecule has 1 heterocycles. The molecule has 0 atom stereocenters. The van der Waals surface area contributed by atoms with Crippen LogP contribution in [0.25, 0.3) is 0 Å². The average molecular weight is 139 g/mol. The highest BCUT2D eigenvalue weighted by Gasteiger charge is 1.96. The van der Waals surface area contributed by atoms with E-state index in [2.05, 4.69) is 37.1 Å². The lowest BCUT2D eigenvalue weighted by Gasteiger charge is -2.19. The van der Waals surface area contributed by atoms with Crippen LogP contribution in [0.4, 0.5) is 0 Å². The fourth-order valence-corrected chi connectivity index (χ4v) is 0.698. The van der Waals surface area contributed by atoms with Crippen LogP contribution in [-0.2, 0) is 0 Å². The first kappa shape index (κ1) is 9.28. The number of hydrogen-bond acceptors (Lipinski definition) is 1. The van der Waals surface area contributed by atoms with Gasteiger partial charge in [-0.25, -0.2) is 0 Å². The zero-order chi connectivity index (χ0) is 7.98. The monoisotopic (exact) mass is 139 g/mol. The zero-order valence-electron chi connectivity index (χ0n) is 7.39. The van der Waals surface area contributed by atoms with Gasteiger partial charge in [-0.1, -0.05) is 26.0 Å². The summed E-state index contributed by atoms with van der Waals surface area (Å²) in [7, 11) is 2.09. The van der Waals surface area contributed by atoms with Gasteiger partial charge in [0.15, 0.2) is 0 Å². The predicted octanol–water partition coefficient (Wildman–Crippen LogP) is 2.42. The van der Waals surface area contributed by atoms with Gasteiger partial charge in [-0.05, 0) is 13.0 Å². The lowest BCUT2D eigenvalue weighted by atomic mass is 10.3. The molecule has 10 heavy (non-hydrogen) atoms. The maximum absolute atomic E-state index is 2.21. The van der Waals surface area contributed by atoms with Gasteiger partial charge in [0.05, 0.1) is 0 Å². The summed E-state index contributed by atoms with van der Waals surface area (Å²) in [5.74, 6) is 0. The molecule has 0 unspecified atom stereocenters. The number of rotatable bonds is 0. The number of allylic oxidation sites excluding steroid dienone is 3. The third-order valence-electron chi connectivity index (χ3n) is 1.45. The van der Waals surface area contributed by atoms with Crippen LogP contribution < -0.4 is 0 Å². The van der Waals surface area contributed by atoms with Crippen LogP contribution in [0.15, 0.2) is 23.9 Å². The standard InChI is InChI=1S/C7H11N.C2H6/c1-7-5-3-4-6-8(7)2;1-2/h3-5H,6H2,1-2H3;1-2H3. The summed E-state index contributed by atoms with van der Waals surface area (Å²) >= 11 is 0. The molecule has 1 rings (SSSR count). The van der Waals surface area contributed by atoms with E-state index in [0.29, 0.717) is 0 Å². The van der Waals surface area contributed by atoms with E-state index < -0.39 is 0 Å². The number of nitrogens with zero attached hydrogens (tertiary/aromatic N) is 1. The molecular weight excluding hydrogens is 122 g/mol. The van der Waals surface area contributed by atoms with E-state index in [4.69, 9.17) is 0 Å². The van der Waals surface area contributed by atoms with Gasteiger partial charge in [0.25, 0.3) is 0 Å². The molecule has 0 bridgehead atoms. The molecule has 0 radical (unpaired) electrons. The van der Waals surface area contributed by atoms with Crippen LogP contribution >= 0.6 is 0 Å². The van der Waals surface area contributed by atoms with Crippen LogP contribution in [0.5, 0.6) is 0 Å². The number of hydrogen-bond donors (Lipinski definition) is 0. The van der Waals surface area contributed by atoms with E-state index in [1.54, 1.807) is 0 Å². The predicted molar refractivity (Wildman–Crippen MR) is 46.9 cm³/mol. The fraction of sp³-hybridized carbons (Fsp3) is 0.556. The molecule has 1 nitrogen and oxygen atoms in total. The molecule has 0 fully saturated rings. The lowest BCUT2D eigenvalue weighted by Crippen LogP contribution is -2.17. The van der Waals surface area contributed by atoms with Crippen molar-refractivity contribution >= 4 is 0 Å². The Bertz CT molecular complexity index is 134. The van der Waals surface area contributed by atoms with Crippen LogP contribution in [0, 0.1) is 0 Å². The van der Waals surface area contributed by atoms with Crippen molar-refractivity contribution in [1.29, 1.82) is 0 Å². The molecule has 0 aliphatic carbocycles. The van der Waals surface area contributed by atoms with E-state index in [0.717, 1.165) is 6.54 Å². The second-order valence-electron chi connectivity index (χ2n) is 2.12. The summed E-state index contributed by atoms with van der Waals surface area (Å²) in [6.07, 6.45) is 6.35. The van der Waals surface area contributed by atoms with E-state index in [1.807, 2.05) is 13.8 Å². The molecule has 0 N–H and O–H groups in total. The summed E-state index contributed by atoms with van der Waals surface area (Å²) < 4.78 is 0. The Kier molecular flexibility index (Phi) is 4.73. The van der Waals surface area contributed by atoms with Gasteiger partial charge in [0, 0.05) is 19.3 Å². The molecule has 58 valence electrons. The quantitative estimate of drug-likeness (QED) is 0.498. The Morgan fingerprint density at radius 3 is 2.30 bits per heavy atom. The van der Waals surface area contributed by atoms with Crippen molar-refractivity contribution in [3.63, 3.8) is 0 Å². The Balaban J connectivity index is 0.000000371. The molecule has 0 aromatic rings. The Labute approximate surface area is 64.0 Å². The Hall–Kier alpha value is -0.720. The molecule has 0 saturated carbocycles. The van der Waals surface area contributed by atoms with E-state index in [1.165, 1.54) is 5.70 Å². The minimum atomic E-state index is 1.06. The maximum Gasteiger partial charge on any atom is 0.0356 e. The summed E-state index contributed by atoms with van der Waals surface area (Å²) in [6, 6.07) is 0. The average Bonchev–Trinajstić information content (AvgIpc) is 2.00. The SMILES string of the molecule is CC.CC1=CC=CCN1C. The largest absolute Gasteiger partial charge is 0.374 e. The molecule has 0 aromatic carbocycles. The lowest BCUT2D eigenvalue weighted by molar-refractivity contribution is 0.460. The maximum atomic E-state index is 2.21. The first-order chi connectivity index (χ1) is 4.80. The minimum Gasteiger partial charge on any atom is -0.374 e. The number of likely N-dealkylation sites (N-methyl/N-ethyl adjacent to an activating group) is 1. The highest BCUT2D eigenvalue weighted by molar-refractivity contribution is 5.14. The highest BCUT2D eigenvalue weighted by atomic mass is 15.1. The fourth-order valence-electron chi connectivity index (χ4n) is 0.698.